The van der Waals surface area contributed by atoms with Crippen LogP contribution >= 0.6 is 18.7 Å². The minimum Gasteiger partial charge on any atom is -0.489 e. The van der Waals surface area contributed by atoms with Crippen molar-refractivity contribution < 1.29 is 9.30 Å². The molecule has 0 bridgehead atoms. The highest BCUT2D eigenvalue weighted by Crippen LogP contribution is 2.38. The largest absolute Gasteiger partial charge is 0.489 e. The summed E-state index contributed by atoms with van der Waals surface area (Å²) < 4.78 is 18.8. The van der Waals surface area contributed by atoms with E-state index in [9.17, 15) is 4.57 Å². The third kappa shape index (κ3) is 5.85. The van der Waals surface area contributed by atoms with Gasteiger partial charge in [-0.25, -0.2) is 4.98 Å². The number of nitrogens with one attached hydrogen (secondary N) is 2. The highest BCUT2D eigenvalue weighted by molar-refractivity contribution is 7.70. The molecule has 0 radical (unpaired) electrons. The third-order valence-electron chi connectivity index (χ3n) is 5.58. The Hall–Kier alpha value is -2.60. The molecule has 7 nitrogen and oxygen atoms in total. The second kappa shape index (κ2) is 9.72. The number of benzene rings is 2. The van der Waals surface area contributed by atoms with Crippen LogP contribution in [0.25, 0.3) is 0 Å². The van der Waals surface area contributed by atoms with Gasteiger partial charge in [-0.05, 0) is 69.6 Å². The molecule has 174 valence electrons. The minimum atomic E-state index is -2.48. The number of ether oxygens (including phenoxy) is 1. The molecule has 1 aliphatic rings. The van der Waals surface area contributed by atoms with Crippen LogP contribution in [0.4, 0.5) is 23.1 Å². The lowest BCUT2D eigenvalue weighted by Crippen LogP contribution is -2.21. The van der Waals surface area contributed by atoms with E-state index >= 15 is 0 Å². The van der Waals surface area contributed by atoms with Gasteiger partial charge in [0.25, 0.3) is 0 Å². The second-order valence-corrected chi connectivity index (χ2v) is 12.4. The smallest absolute Gasteiger partial charge is 0.229 e. The third-order valence-corrected chi connectivity index (χ3v) is 7.40. The Morgan fingerprint density at radius 1 is 1.15 bits per heavy atom. The van der Waals surface area contributed by atoms with Crippen molar-refractivity contribution in [3.05, 3.63) is 59.2 Å². The predicted octanol–water partition coefficient (Wildman–Crippen LogP) is 5.26. The van der Waals surface area contributed by atoms with E-state index in [1.54, 1.807) is 19.5 Å². The molecule has 4 rings (SSSR count). The van der Waals surface area contributed by atoms with Crippen molar-refractivity contribution in [1.29, 1.82) is 0 Å². The predicted molar refractivity (Wildman–Crippen MR) is 137 cm³/mol. The molecule has 0 aliphatic carbocycles. The summed E-state index contributed by atoms with van der Waals surface area (Å²) in [5.74, 6) is 1.71. The molecule has 0 saturated carbocycles. The van der Waals surface area contributed by atoms with Gasteiger partial charge in [-0.2, -0.15) is 4.98 Å². The topological polar surface area (TPSA) is 79.4 Å². The van der Waals surface area contributed by atoms with Crippen LogP contribution < -0.4 is 20.7 Å². The highest BCUT2D eigenvalue weighted by Gasteiger charge is 2.21. The quantitative estimate of drug-likeness (QED) is 0.442. The van der Waals surface area contributed by atoms with E-state index in [1.165, 1.54) is 0 Å². The van der Waals surface area contributed by atoms with Crippen molar-refractivity contribution >= 4 is 47.2 Å². The Balaban J connectivity index is 1.51. The van der Waals surface area contributed by atoms with Crippen LogP contribution in [0, 0.1) is 6.92 Å². The van der Waals surface area contributed by atoms with Crippen LogP contribution in [-0.2, 0) is 4.57 Å². The molecule has 1 fully saturated rings. The zero-order valence-corrected chi connectivity index (χ0v) is 21.0. The first-order chi connectivity index (χ1) is 15.7. The van der Waals surface area contributed by atoms with Gasteiger partial charge in [0.2, 0.25) is 5.95 Å². The van der Waals surface area contributed by atoms with Crippen molar-refractivity contribution in [2.45, 2.75) is 19.4 Å². The number of likely N-dealkylation sites (tertiary alicyclic amines) is 1. The number of hydrogen-bond donors (Lipinski definition) is 2. The number of aromatic nitrogens is 2. The molecule has 9 heteroatoms. The van der Waals surface area contributed by atoms with Crippen molar-refractivity contribution in [3.63, 3.8) is 0 Å². The number of aryl methyl sites for hydroxylation is 1. The number of hydrogen-bond acceptors (Lipinski definition) is 7. The summed E-state index contributed by atoms with van der Waals surface area (Å²) in [6, 6.07) is 13.4. The normalized spacial score (nSPS) is 16.6. The van der Waals surface area contributed by atoms with Crippen molar-refractivity contribution in [2.24, 2.45) is 0 Å². The van der Waals surface area contributed by atoms with Crippen LogP contribution in [0.15, 0.2) is 48.7 Å². The molecule has 1 atom stereocenters. The minimum absolute atomic E-state index is 0.228. The zero-order chi connectivity index (χ0) is 23.6. The average Bonchev–Trinajstić information content (AvgIpc) is 3.16. The van der Waals surface area contributed by atoms with Gasteiger partial charge in [0, 0.05) is 24.1 Å². The van der Waals surface area contributed by atoms with Gasteiger partial charge in [0.05, 0.1) is 11.9 Å². The van der Waals surface area contributed by atoms with E-state index in [2.05, 4.69) is 32.5 Å². The molecular weight excluding hydrogens is 457 g/mol. The van der Waals surface area contributed by atoms with E-state index in [0.717, 1.165) is 41.8 Å². The standard InChI is InChI=1S/C24H29ClN5O2P/c1-16-13-17(32-18-11-12-30(2)15-18)9-10-20(16)28-24-26-14-19(25)23(29-24)27-21-7-5-6-8-22(21)33(3,4)31/h5-10,13-14,18H,11-12,15H2,1-4H3,(H2,26,27,28,29). The van der Waals surface area contributed by atoms with E-state index < -0.39 is 7.14 Å². The first-order valence-electron chi connectivity index (χ1n) is 10.9. The van der Waals surface area contributed by atoms with Crippen molar-refractivity contribution in [3.8, 4) is 5.75 Å². The van der Waals surface area contributed by atoms with Crippen LogP contribution in [-0.4, -0.2) is 54.4 Å². The van der Waals surface area contributed by atoms with E-state index in [4.69, 9.17) is 16.3 Å². The number of rotatable bonds is 7. The van der Waals surface area contributed by atoms with Crippen LogP contribution in [0.5, 0.6) is 5.75 Å². The Kier molecular flexibility index (Phi) is 6.94. The van der Waals surface area contributed by atoms with Gasteiger partial charge in [-0.15, -0.1) is 0 Å². The Morgan fingerprint density at radius 3 is 2.64 bits per heavy atom. The monoisotopic (exact) mass is 485 g/mol. The summed E-state index contributed by atoms with van der Waals surface area (Å²) in [6.07, 6.45) is 2.81. The maximum absolute atomic E-state index is 12.7. The summed E-state index contributed by atoms with van der Waals surface area (Å²) in [7, 11) is -0.370. The van der Waals surface area contributed by atoms with Gasteiger partial charge in [0.1, 0.15) is 24.0 Å². The zero-order valence-electron chi connectivity index (χ0n) is 19.3. The van der Waals surface area contributed by atoms with Gasteiger partial charge >= 0.3 is 0 Å². The first-order valence-corrected chi connectivity index (χ1v) is 13.8. The highest BCUT2D eigenvalue weighted by atomic mass is 35.5. The van der Waals surface area contributed by atoms with Gasteiger partial charge in [-0.3, -0.25) is 0 Å². The van der Waals surface area contributed by atoms with Crippen LogP contribution in [0.2, 0.25) is 5.02 Å². The van der Waals surface area contributed by atoms with E-state index in [-0.39, 0.29) is 6.10 Å². The summed E-state index contributed by atoms with van der Waals surface area (Å²) in [5.41, 5.74) is 2.62. The molecule has 2 heterocycles. The van der Waals surface area contributed by atoms with Crippen LogP contribution in [0.3, 0.4) is 0 Å². The maximum atomic E-state index is 12.7. The maximum Gasteiger partial charge on any atom is 0.229 e. The van der Waals surface area contributed by atoms with Gasteiger partial charge in [0.15, 0.2) is 5.82 Å². The molecule has 1 aromatic heterocycles. The summed E-state index contributed by atoms with van der Waals surface area (Å²) >= 11 is 6.35. The molecule has 1 unspecified atom stereocenters. The lowest BCUT2D eigenvalue weighted by atomic mass is 10.2. The SMILES string of the molecule is Cc1cc(OC2CCN(C)C2)ccc1Nc1ncc(Cl)c(Nc2ccccc2P(C)(C)=O)n1. The Labute approximate surface area is 199 Å². The van der Waals surface area contributed by atoms with E-state index in [0.29, 0.717) is 22.5 Å². The molecule has 2 aromatic carbocycles. The Bertz CT molecular complexity index is 1200. The number of para-hydroxylation sites is 1. The average molecular weight is 486 g/mol. The molecule has 1 saturated heterocycles. The number of halogens is 1. The summed E-state index contributed by atoms with van der Waals surface area (Å²) in [6.45, 7) is 7.50. The molecular formula is C24H29ClN5O2P. The second-order valence-electron chi connectivity index (χ2n) is 8.78. The summed E-state index contributed by atoms with van der Waals surface area (Å²) in [5, 5.41) is 7.60. The molecule has 0 spiro atoms. The van der Waals surface area contributed by atoms with Crippen LogP contribution in [0.1, 0.15) is 12.0 Å². The first kappa shape index (κ1) is 23.6. The fourth-order valence-electron chi connectivity index (χ4n) is 3.84. The fourth-order valence-corrected chi connectivity index (χ4v) is 5.14. The fraction of sp³-hybridized carbons (Fsp3) is 0.333. The number of nitrogens with zero attached hydrogens (tertiary/aromatic N) is 3. The lowest BCUT2D eigenvalue weighted by molar-refractivity contribution is 0.208. The molecule has 2 N–H and O–H groups in total. The van der Waals surface area contributed by atoms with Gasteiger partial charge < -0.3 is 24.8 Å². The van der Waals surface area contributed by atoms with Gasteiger partial charge in [-0.1, -0.05) is 23.7 Å². The Morgan fingerprint density at radius 2 is 1.94 bits per heavy atom. The van der Waals surface area contributed by atoms with Crippen molar-refractivity contribution in [2.75, 3.05) is 44.1 Å². The molecule has 1 aliphatic heterocycles. The molecule has 3 aromatic rings. The lowest BCUT2D eigenvalue weighted by Gasteiger charge is -2.17. The number of likely N-dealkylation sites (N-methyl/N-ethyl adjacent to an activating group) is 1. The molecule has 33 heavy (non-hydrogen) atoms. The molecule has 0 amide bonds. The van der Waals surface area contributed by atoms with Crippen molar-refractivity contribution in [1.82, 2.24) is 14.9 Å². The summed E-state index contributed by atoms with van der Waals surface area (Å²) in [4.78, 5) is 11.1. The number of anilines is 4. The van der Waals surface area contributed by atoms with E-state index in [1.807, 2.05) is 49.4 Å².